The van der Waals surface area contributed by atoms with E-state index in [1.807, 2.05) is 6.07 Å². The van der Waals surface area contributed by atoms with E-state index >= 15 is 0 Å². The summed E-state index contributed by atoms with van der Waals surface area (Å²) in [5, 5.41) is 10.8. The van der Waals surface area contributed by atoms with Gasteiger partial charge >= 0.3 is 0 Å². The van der Waals surface area contributed by atoms with Gasteiger partial charge in [0.15, 0.2) is 5.78 Å². The average Bonchev–Trinajstić information content (AvgIpc) is 2.42. The van der Waals surface area contributed by atoms with Gasteiger partial charge < -0.3 is 0 Å². The first-order valence-corrected chi connectivity index (χ1v) is 5.86. The number of rotatable bonds is 2. The van der Waals surface area contributed by atoms with E-state index in [2.05, 4.69) is 5.32 Å². The highest BCUT2D eigenvalue weighted by Gasteiger charge is 2.27. The summed E-state index contributed by atoms with van der Waals surface area (Å²) >= 11 is 0. The zero-order valence-electron chi connectivity index (χ0n) is 10.4. The molecule has 0 aliphatic carbocycles. The van der Waals surface area contributed by atoms with Crippen molar-refractivity contribution in [2.24, 2.45) is 0 Å². The highest BCUT2D eigenvalue weighted by atomic mass is 16.2. The number of hydrogen-bond donors (Lipinski definition) is 1. The Bertz CT molecular complexity index is 654. The number of nitrogens with zero attached hydrogens (tertiary/aromatic N) is 1. The molecule has 1 fully saturated rings. The second-order valence-corrected chi connectivity index (χ2v) is 4.15. The molecule has 1 aromatic carbocycles. The fraction of sp³-hybridized carbons (Fsp3) is 0.0667. The highest BCUT2D eigenvalue weighted by Crippen LogP contribution is 2.09. The lowest BCUT2D eigenvalue weighted by Gasteiger charge is -2.11. The van der Waals surface area contributed by atoms with Gasteiger partial charge in [-0.25, -0.2) is 0 Å². The maximum absolute atomic E-state index is 11.5. The van der Waals surface area contributed by atoms with Crippen LogP contribution in [0.1, 0.15) is 17.5 Å². The van der Waals surface area contributed by atoms with Crippen molar-refractivity contribution in [2.75, 3.05) is 0 Å². The van der Waals surface area contributed by atoms with Gasteiger partial charge in [-0.2, -0.15) is 5.26 Å². The van der Waals surface area contributed by atoms with Crippen LogP contribution in [0.5, 0.6) is 0 Å². The molecule has 0 radical (unpaired) electrons. The van der Waals surface area contributed by atoms with E-state index in [4.69, 9.17) is 5.26 Å². The Morgan fingerprint density at radius 2 is 1.85 bits per heavy atom. The zero-order valence-corrected chi connectivity index (χ0v) is 10.4. The van der Waals surface area contributed by atoms with E-state index in [1.165, 1.54) is 6.08 Å². The molecule has 1 saturated heterocycles. The molecule has 2 amide bonds. The third-order valence-electron chi connectivity index (χ3n) is 2.71. The number of carbonyl (C=O) groups is 3. The number of amides is 2. The number of carbonyl (C=O) groups excluding carboxylic acids is 3. The Labute approximate surface area is 115 Å². The van der Waals surface area contributed by atoms with Crippen molar-refractivity contribution in [1.29, 1.82) is 5.26 Å². The molecule has 1 aliphatic rings. The normalized spacial score (nSPS) is 17.4. The standard InChI is InChI=1S/C15H10N2O3/c16-9-11-6-4-10(5-7-11)2-1-3-12-13(18)8-14(19)17-15(12)20/h1-7H,8H2,(H,17,19,20)/b2-1+,12-3+. The van der Waals surface area contributed by atoms with Crippen molar-refractivity contribution in [2.45, 2.75) is 6.42 Å². The quantitative estimate of drug-likeness (QED) is 0.376. The summed E-state index contributed by atoms with van der Waals surface area (Å²) in [6.07, 6.45) is 4.33. The molecule has 1 aliphatic heterocycles. The smallest absolute Gasteiger partial charge is 0.261 e. The summed E-state index contributed by atoms with van der Waals surface area (Å²) < 4.78 is 0. The molecule has 0 bridgehead atoms. The average molecular weight is 266 g/mol. The van der Waals surface area contributed by atoms with Gasteiger partial charge in [-0.05, 0) is 23.8 Å². The lowest BCUT2D eigenvalue weighted by atomic mass is 10.0. The van der Waals surface area contributed by atoms with Crippen LogP contribution in [0.3, 0.4) is 0 Å². The number of hydrogen-bond acceptors (Lipinski definition) is 4. The van der Waals surface area contributed by atoms with E-state index in [9.17, 15) is 14.4 Å². The van der Waals surface area contributed by atoms with Gasteiger partial charge in [0.25, 0.3) is 5.91 Å². The van der Waals surface area contributed by atoms with Crippen LogP contribution in [0.4, 0.5) is 0 Å². The van der Waals surface area contributed by atoms with E-state index < -0.39 is 17.6 Å². The first kappa shape index (κ1) is 13.4. The summed E-state index contributed by atoms with van der Waals surface area (Å²) in [6, 6.07) is 8.85. The van der Waals surface area contributed by atoms with Gasteiger partial charge in [0.2, 0.25) is 5.91 Å². The summed E-state index contributed by atoms with van der Waals surface area (Å²) in [6.45, 7) is 0. The van der Waals surface area contributed by atoms with Crippen molar-refractivity contribution >= 4 is 23.7 Å². The Balaban J connectivity index is 2.13. The van der Waals surface area contributed by atoms with Crippen LogP contribution in [-0.2, 0) is 14.4 Å². The van der Waals surface area contributed by atoms with Gasteiger partial charge in [0, 0.05) is 0 Å². The number of nitrogens with one attached hydrogen (secondary N) is 1. The SMILES string of the molecule is N#Cc1ccc(/C=C/C=C2\C(=O)CC(=O)NC2=O)cc1. The molecule has 0 spiro atoms. The molecule has 0 atom stereocenters. The maximum atomic E-state index is 11.5. The molecule has 5 nitrogen and oxygen atoms in total. The Hall–Kier alpha value is -3.00. The molecule has 98 valence electrons. The summed E-state index contributed by atoms with van der Waals surface area (Å²) in [7, 11) is 0. The van der Waals surface area contributed by atoms with E-state index in [0.29, 0.717) is 5.56 Å². The number of benzene rings is 1. The van der Waals surface area contributed by atoms with Gasteiger partial charge in [0.1, 0.15) is 0 Å². The molecule has 5 heteroatoms. The third kappa shape index (κ3) is 3.06. The Kier molecular flexibility index (Phi) is 3.87. The van der Waals surface area contributed by atoms with E-state index in [-0.39, 0.29) is 12.0 Å². The minimum absolute atomic E-state index is 0.0329. The van der Waals surface area contributed by atoms with Gasteiger partial charge in [-0.3, -0.25) is 19.7 Å². The molecule has 2 rings (SSSR count). The number of Topliss-reactive ketones (excluding diaryl/α,β-unsaturated/α-hetero) is 1. The van der Waals surface area contributed by atoms with Crippen LogP contribution in [0.2, 0.25) is 0 Å². The van der Waals surface area contributed by atoms with Crippen LogP contribution in [-0.4, -0.2) is 17.6 Å². The topological polar surface area (TPSA) is 87.0 Å². The van der Waals surface area contributed by atoms with Crippen LogP contribution >= 0.6 is 0 Å². The largest absolute Gasteiger partial charge is 0.293 e. The minimum Gasteiger partial charge on any atom is -0.293 e. The molecule has 0 unspecified atom stereocenters. The number of imide groups is 1. The molecule has 0 saturated carbocycles. The second kappa shape index (κ2) is 5.76. The molecular weight excluding hydrogens is 256 g/mol. The summed E-state index contributed by atoms with van der Waals surface area (Å²) in [4.78, 5) is 33.9. The van der Waals surface area contributed by atoms with E-state index in [0.717, 1.165) is 5.56 Å². The van der Waals surface area contributed by atoms with Crippen molar-refractivity contribution in [1.82, 2.24) is 5.32 Å². The fourth-order valence-corrected chi connectivity index (χ4v) is 1.70. The van der Waals surface area contributed by atoms with Gasteiger partial charge in [0.05, 0.1) is 23.6 Å². The van der Waals surface area contributed by atoms with Crippen molar-refractivity contribution < 1.29 is 14.4 Å². The monoisotopic (exact) mass is 266 g/mol. The molecule has 1 N–H and O–H groups in total. The third-order valence-corrected chi connectivity index (χ3v) is 2.71. The fourth-order valence-electron chi connectivity index (χ4n) is 1.70. The minimum atomic E-state index is -0.671. The Morgan fingerprint density at radius 3 is 2.45 bits per heavy atom. The summed E-state index contributed by atoms with van der Waals surface area (Å²) in [5.41, 5.74) is 1.36. The van der Waals surface area contributed by atoms with Crippen LogP contribution in [0, 0.1) is 11.3 Å². The second-order valence-electron chi connectivity index (χ2n) is 4.15. The first-order valence-electron chi connectivity index (χ1n) is 5.86. The zero-order chi connectivity index (χ0) is 14.5. The lowest BCUT2D eigenvalue weighted by molar-refractivity contribution is -0.134. The lowest BCUT2D eigenvalue weighted by Crippen LogP contribution is -2.40. The van der Waals surface area contributed by atoms with Crippen LogP contribution in [0.15, 0.2) is 42.0 Å². The number of nitriles is 1. The van der Waals surface area contributed by atoms with E-state index in [1.54, 1.807) is 36.4 Å². The number of piperidine rings is 1. The Morgan fingerprint density at radius 1 is 1.15 bits per heavy atom. The molecule has 1 aromatic rings. The van der Waals surface area contributed by atoms with Crippen molar-refractivity contribution in [3.05, 3.63) is 53.1 Å². The number of ketones is 1. The van der Waals surface area contributed by atoms with Gasteiger partial charge in [-0.1, -0.05) is 24.3 Å². The van der Waals surface area contributed by atoms with Crippen LogP contribution in [0.25, 0.3) is 6.08 Å². The van der Waals surface area contributed by atoms with Crippen LogP contribution < -0.4 is 5.32 Å². The van der Waals surface area contributed by atoms with Crippen molar-refractivity contribution in [3.63, 3.8) is 0 Å². The van der Waals surface area contributed by atoms with Crippen molar-refractivity contribution in [3.8, 4) is 6.07 Å². The molecule has 1 heterocycles. The first-order chi connectivity index (χ1) is 9.60. The maximum Gasteiger partial charge on any atom is 0.261 e. The molecule has 20 heavy (non-hydrogen) atoms. The predicted molar refractivity (Wildman–Crippen MR) is 71.0 cm³/mol. The highest BCUT2D eigenvalue weighted by molar-refractivity contribution is 6.30. The van der Waals surface area contributed by atoms with Gasteiger partial charge in [-0.15, -0.1) is 0 Å². The molecule has 0 aromatic heterocycles. The summed E-state index contributed by atoms with van der Waals surface area (Å²) in [5.74, 6) is -1.73. The molecular formula is C15H10N2O3. The number of allylic oxidation sites excluding steroid dienone is 2. The predicted octanol–water partition coefficient (Wildman–Crippen LogP) is 1.11.